The van der Waals surface area contributed by atoms with Gasteiger partial charge in [-0.2, -0.15) is 0 Å². The van der Waals surface area contributed by atoms with Crippen molar-refractivity contribution in [3.05, 3.63) is 29.8 Å². The predicted octanol–water partition coefficient (Wildman–Crippen LogP) is 0.907. The number of aliphatic hydroxyl groups is 1. The van der Waals surface area contributed by atoms with Gasteiger partial charge >= 0.3 is 6.09 Å². The monoisotopic (exact) mass is 351 g/mol. The third kappa shape index (κ3) is 6.21. The fraction of sp³-hybridized carbons (Fsp3) is 0.632. The van der Waals surface area contributed by atoms with Crippen molar-refractivity contribution in [3.63, 3.8) is 0 Å². The van der Waals surface area contributed by atoms with Crippen LogP contribution in [0.2, 0.25) is 0 Å². The number of ether oxygens (including phenoxy) is 2. The molecule has 1 aromatic carbocycles. The van der Waals surface area contributed by atoms with E-state index in [4.69, 9.17) is 9.47 Å². The molecule has 6 heteroatoms. The number of piperazine rings is 1. The van der Waals surface area contributed by atoms with E-state index in [9.17, 15) is 9.90 Å². The molecule has 0 bridgehead atoms. The quantitative estimate of drug-likeness (QED) is 0.766. The Labute approximate surface area is 150 Å². The zero-order valence-electron chi connectivity index (χ0n) is 15.5. The van der Waals surface area contributed by atoms with E-state index in [-0.39, 0.29) is 12.7 Å². The molecule has 1 aliphatic heterocycles. The maximum Gasteiger partial charge on any atom is 0.410 e. The van der Waals surface area contributed by atoms with Crippen LogP contribution in [0.4, 0.5) is 4.79 Å². The smallest absolute Gasteiger partial charge is 0.410 e. The van der Waals surface area contributed by atoms with E-state index in [0.717, 1.165) is 18.8 Å². The van der Waals surface area contributed by atoms with Gasteiger partial charge in [0.15, 0.2) is 0 Å². The zero-order chi connectivity index (χ0) is 18.2. The number of hydrogen-bond acceptors (Lipinski definition) is 4. The number of benzene rings is 1. The van der Waals surface area contributed by atoms with Crippen molar-refractivity contribution in [2.75, 3.05) is 45.9 Å². The van der Waals surface area contributed by atoms with Gasteiger partial charge in [0.2, 0.25) is 0 Å². The van der Waals surface area contributed by atoms with Crippen LogP contribution in [-0.4, -0.2) is 68.1 Å². The number of quaternary nitrogens is 1. The van der Waals surface area contributed by atoms with Crippen LogP contribution in [0.15, 0.2) is 24.3 Å². The number of aliphatic hydroxyl groups excluding tert-OH is 1. The Morgan fingerprint density at radius 1 is 1.24 bits per heavy atom. The molecule has 0 aromatic heterocycles. The molecule has 0 aliphatic carbocycles. The number of hydrogen-bond donors (Lipinski definition) is 2. The highest BCUT2D eigenvalue weighted by molar-refractivity contribution is 5.67. The normalized spacial score (nSPS) is 16.8. The van der Waals surface area contributed by atoms with Crippen LogP contribution in [0.25, 0.3) is 0 Å². The van der Waals surface area contributed by atoms with Gasteiger partial charge < -0.3 is 19.5 Å². The lowest BCUT2D eigenvalue weighted by molar-refractivity contribution is -0.907. The number of nitrogens with one attached hydrogen (secondary N) is 1. The molecule has 1 saturated heterocycles. The van der Waals surface area contributed by atoms with Gasteiger partial charge in [-0.15, -0.1) is 0 Å². The SMILES string of the molecule is CCOC(=O)N1CC[NH+](C[C@@H](O)COc2ccc(C(C)C)cc2)CC1. The molecule has 1 amide bonds. The summed E-state index contributed by atoms with van der Waals surface area (Å²) >= 11 is 0. The van der Waals surface area contributed by atoms with Gasteiger partial charge in [-0.1, -0.05) is 26.0 Å². The molecule has 1 aliphatic rings. The average Bonchev–Trinajstić information content (AvgIpc) is 2.61. The fourth-order valence-corrected chi connectivity index (χ4v) is 2.96. The van der Waals surface area contributed by atoms with Crippen LogP contribution < -0.4 is 9.64 Å². The van der Waals surface area contributed by atoms with Crippen LogP contribution in [0, 0.1) is 0 Å². The van der Waals surface area contributed by atoms with Gasteiger partial charge in [0, 0.05) is 0 Å². The van der Waals surface area contributed by atoms with E-state index in [1.807, 2.05) is 19.1 Å². The molecule has 6 nitrogen and oxygen atoms in total. The molecule has 0 radical (unpaired) electrons. The van der Waals surface area contributed by atoms with E-state index >= 15 is 0 Å². The number of amides is 1. The highest BCUT2D eigenvalue weighted by atomic mass is 16.6. The van der Waals surface area contributed by atoms with Crippen molar-refractivity contribution in [1.29, 1.82) is 0 Å². The molecule has 0 spiro atoms. The van der Waals surface area contributed by atoms with Crippen molar-refractivity contribution in [3.8, 4) is 5.75 Å². The first-order valence-corrected chi connectivity index (χ1v) is 9.15. The second-order valence-electron chi connectivity index (χ2n) is 6.83. The molecule has 2 rings (SSSR count). The van der Waals surface area contributed by atoms with Gasteiger partial charge in [-0.3, -0.25) is 4.90 Å². The van der Waals surface area contributed by atoms with Gasteiger partial charge in [-0.05, 0) is 30.5 Å². The van der Waals surface area contributed by atoms with Crippen molar-refractivity contribution in [2.24, 2.45) is 0 Å². The summed E-state index contributed by atoms with van der Waals surface area (Å²) in [5.41, 5.74) is 1.27. The fourth-order valence-electron chi connectivity index (χ4n) is 2.96. The summed E-state index contributed by atoms with van der Waals surface area (Å²) in [4.78, 5) is 14.7. The molecule has 140 valence electrons. The number of rotatable bonds is 7. The van der Waals surface area contributed by atoms with Crippen LogP contribution in [0.1, 0.15) is 32.3 Å². The summed E-state index contributed by atoms with van der Waals surface area (Å²) in [6, 6.07) is 8.03. The van der Waals surface area contributed by atoms with Gasteiger partial charge in [0.1, 0.15) is 25.0 Å². The lowest BCUT2D eigenvalue weighted by Crippen LogP contribution is -3.16. The summed E-state index contributed by atoms with van der Waals surface area (Å²) in [5, 5.41) is 10.2. The van der Waals surface area contributed by atoms with Crippen molar-refractivity contribution < 1.29 is 24.3 Å². The Morgan fingerprint density at radius 3 is 2.44 bits per heavy atom. The maximum absolute atomic E-state index is 11.7. The minimum Gasteiger partial charge on any atom is -0.491 e. The van der Waals surface area contributed by atoms with Crippen molar-refractivity contribution in [2.45, 2.75) is 32.8 Å². The minimum absolute atomic E-state index is 0.240. The minimum atomic E-state index is -0.520. The highest BCUT2D eigenvalue weighted by Crippen LogP contribution is 2.18. The summed E-state index contributed by atoms with van der Waals surface area (Å²) in [5.74, 6) is 1.28. The third-order valence-electron chi connectivity index (χ3n) is 4.51. The summed E-state index contributed by atoms with van der Waals surface area (Å²) in [7, 11) is 0. The zero-order valence-corrected chi connectivity index (χ0v) is 15.5. The molecule has 2 N–H and O–H groups in total. The first-order valence-electron chi connectivity index (χ1n) is 9.15. The van der Waals surface area contributed by atoms with Crippen LogP contribution in [-0.2, 0) is 4.74 Å². The second-order valence-corrected chi connectivity index (χ2v) is 6.83. The molecule has 0 saturated carbocycles. The lowest BCUT2D eigenvalue weighted by atomic mass is 10.0. The predicted molar refractivity (Wildman–Crippen MR) is 96.2 cm³/mol. The molecule has 1 atom stereocenters. The van der Waals surface area contributed by atoms with Crippen LogP contribution in [0.5, 0.6) is 5.75 Å². The Morgan fingerprint density at radius 2 is 1.88 bits per heavy atom. The molecule has 1 fully saturated rings. The van der Waals surface area contributed by atoms with Gasteiger partial charge in [-0.25, -0.2) is 4.79 Å². The number of nitrogens with zero attached hydrogens (tertiary/aromatic N) is 1. The molecule has 25 heavy (non-hydrogen) atoms. The molecular weight excluding hydrogens is 320 g/mol. The first-order chi connectivity index (χ1) is 12.0. The highest BCUT2D eigenvalue weighted by Gasteiger charge is 2.26. The largest absolute Gasteiger partial charge is 0.491 e. The molecule has 1 aromatic rings. The Balaban J connectivity index is 1.69. The summed E-state index contributed by atoms with van der Waals surface area (Å²) < 4.78 is 10.7. The topological polar surface area (TPSA) is 63.4 Å². The first kappa shape index (κ1) is 19.5. The summed E-state index contributed by atoms with van der Waals surface area (Å²) in [6.07, 6.45) is -0.760. The second kappa shape index (κ2) is 9.63. The standard InChI is InChI=1S/C19H30N2O4/c1-4-24-19(23)21-11-9-20(10-12-21)13-17(22)14-25-18-7-5-16(6-8-18)15(2)3/h5-8,15,17,22H,4,9-14H2,1-3H3/p+1/t17-/m1/s1. The van der Waals surface area contributed by atoms with Gasteiger partial charge in [0.05, 0.1) is 32.8 Å². The van der Waals surface area contributed by atoms with Crippen LogP contribution >= 0.6 is 0 Å². The van der Waals surface area contributed by atoms with E-state index in [1.54, 1.807) is 4.90 Å². The Bertz CT molecular complexity index is 525. The lowest BCUT2D eigenvalue weighted by Gasteiger charge is -2.32. The third-order valence-corrected chi connectivity index (χ3v) is 4.51. The number of carbonyl (C=O) groups is 1. The van der Waals surface area contributed by atoms with Gasteiger partial charge in [0.25, 0.3) is 0 Å². The number of carbonyl (C=O) groups excluding carboxylic acids is 1. The van der Waals surface area contributed by atoms with E-state index in [1.165, 1.54) is 10.5 Å². The maximum atomic E-state index is 11.7. The van der Waals surface area contributed by atoms with E-state index in [2.05, 4.69) is 26.0 Å². The van der Waals surface area contributed by atoms with E-state index in [0.29, 0.717) is 32.2 Å². The molecule has 1 heterocycles. The molecule has 0 unspecified atom stereocenters. The van der Waals surface area contributed by atoms with E-state index < -0.39 is 6.10 Å². The summed E-state index contributed by atoms with van der Waals surface area (Å²) in [6.45, 7) is 10.4. The average molecular weight is 351 g/mol. The Hall–Kier alpha value is -1.79. The Kier molecular flexibility index (Phi) is 7.52. The molecular formula is C19H31N2O4+. The van der Waals surface area contributed by atoms with Crippen molar-refractivity contribution in [1.82, 2.24) is 4.90 Å². The van der Waals surface area contributed by atoms with Crippen LogP contribution in [0.3, 0.4) is 0 Å². The van der Waals surface area contributed by atoms with Crippen molar-refractivity contribution >= 4 is 6.09 Å².